The maximum atomic E-state index is 12.0. The molecule has 0 fully saturated rings. The van der Waals surface area contributed by atoms with Gasteiger partial charge in [-0.3, -0.25) is 4.79 Å². The predicted molar refractivity (Wildman–Crippen MR) is 60.1 cm³/mol. The van der Waals surface area contributed by atoms with Gasteiger partial charge in [0.2, 0.25) is 5.91 Å². The molecule has 0 radical (unpaired) electrons. The van der Waals surface area contributed by atoms with E-state index in [9.17, 15) is 18.0 Å². The summed E-state index contributed by atoms with van der Waals surface area (Å²) in [4.78, 5) is 12.8. The number of nitrogens with zero attached hydrogens (tertiary/aromatic N) is 2. The van der Waals surface area contributed by atoms with E-state index in [2.05, 4.69) is 5.16 Å². The van der Waals surface area contributed by atoms with Gasteiger partial charge < -0.3 is 15.8 Å². The number of hydrogen-bond donors (Lipinski definition) is 2. The van der Waals surface area contributed by atoms with Crippen molar-refractivity contribution in [2.75, 3.05) is 13.1 Å². The van der Waals surface area contributed by atoms with Crippen LogP contribution in [-0.2, 0) is 4.79 Å². The molecule has 0 aromatic carbocycles. The number of halogens is 3. The Labute approximate surface area is 103 Å². The zero-order chi connectivity index (χ0) is 14.3. The molecule has 0 spiro atoms. The van der Waals surface area contributed by atoms with Gasteiger partial charge in [0.15, 0.2) is 0 Å². The van der Waals surface area contributed by atoms with Gasteiger partial charge in [0.25, 0.3) is 0 Å². The van der Waals surface area contributed by atoms with Gasteiger partial charge in [-0.1, -0.05) is 12.1 Å². The molecule has 0 aromatic rings. The highest BCUT2D eigenvalue weighted by atomic mass is 19.4. The first kappa shape index (κ1) is 16.5. The van der Waals surface area contributed by atoms with Crippen molar-refractivity contribution in [1.29, 1.82) is 0 Å². The molecule has 1 unspecified atom stereocenters. The van der Waals surface area contributed by atoms with Crippen molar-refractivity contribution < 1.29 is 23.2 Å². The molecule has 0 aliphatic rings. The molecular weight excluding hydrogens is 251 g/mol. The second-order valence-corrected chi connectivity index (χ2v) is 3.97. The molecule has 0 aliphatic heterocycles. The number of oxime groups is 1. The van der Waals surface area contributed by atoms with Crippen molar-refractivity contribution in [2.24, 2.45) is 16.8 Å². The third-order valence-electron chi connectivity index (χ3n) is 2.47. The Kier molecular flexibility index (Phi) is 6.50. The van der Waals surface area contributed by atoms with Gasteiger partial charge in [0.05, 0.1) is 6.42 Å². The van der Waals surface area contributed by atoms with Crippen LogP contribution in [0.2, 0.25) is 0 Å². The van der Waals surface area contributed by atoms with E-state index in [4.69, 9.17) is 10.9 Å². The van der Waals surface area contributed by atoms with Gasteiger partial charge in [-0.15, -0.1) is 0 Å². The fourth-order valence-corrected chi connectivity index (χ4v) is 1.34. The van der Waals surface area contributed by atoms with Crippen LogP contribution in [0.3, 0.4) is 0 Å². The Balaban J connectivity index is 4.37. The van der Waals surface area contributed by atoms with Crippen LogP contribution in [-0.4, -0.2) is 41.1 Å². The lowest BCUT2D eigenvalue weighted by Gasteiger charge is -2.24. The predicted octanol–water partition coefficient (Wildman–Crippen LogP) is 1.56. The number of carbonyl (C=O) groups excluding carboxylic acids is 1. The van der Waals surface area contributed by atoms with Crippen LogP contribution in [0.4, 0.5) is 13.2 Å². The van der Waals surface area contributed by atoms with E-state index >= 15 is 0 Å². The molecule has 0 aliphatic carbocycles. The largest absolute Gasteiger partial charge is 0.409 e. The highest BCUT2D eigenvalue weighted by Gasteiger charge is 2.29. The lowest BCUT2D eigenvalue weighted by molar-refractivity contribution is -0.149. The molecule has 8 heteroatoms. The van der Waals surface area contributed by atoms with Crippen LogP contribution < -0.4 is 5.73 Å². The molecule has 0 saturated carbocycles. The number of amidine groups is 1. The molecule has 0 rings (SSSR count). The van der Waals surface area contributed by atoms with E-state index in [1.807, 2.05) is 0 Å². The zero-order valence-corrected chi connectivity index (χ0v) is 10.4. The minimum Gasteiger partial charge on any atom is -0.409 e. The van der Waals surface area contributed by atoms with Crippen LogP contribution >= 0.6 is 0 Å². The van der Waals surface area contributed by atoms with Gasteiger partial charge in [-0.05, 0) is 6.92 Å². The summed E-state index contributed by atoms with van der Waals surface area (Å²) in [5.41, 5.74) is 5.34. The second kappa shape index (κ2) is 7.07. The topological polar surface area (TPSA) is 78.9 Å². The van der Waals surface area contributed by atoms with Crippen LogP contribution in [0.25, 0.3) is 0 Å². The third kappa shape index (κ3) is 6.31. The van der Waals surface area contributed by atoms with Crippen LogP contribution in [0.1, 0.15) is 26.7 Å². The summed E-state index contributed by atoms with van der Waals surface area (Å²) in [5, 5.41) is 11.2. The number of rotatable bonds is 6. The first-order chi connectivity index (χ1) is 8.21. The highest BCUT2D eigenvalue weighted by Crippen LogP contribution is 2.21. The Hall–Kier alpha value is -1.47. The lowest BCUT2D eigenvalue weighted by Crippen LogP contribution is -2.39. The maximum Gasteiger partial charge on any atom is 0.389 e. The Morgan fingerprint density at radius 2 is 2.06 bits per heavy atom. The molecule has 5 nitrogen and oxygen atoms in total. The highest BCUT2D eigenvalue weighted by molar-refractivity contribution is 5.83. The first-order valence-electron chi connectivity index (χ1n) is 5.53. The first-order valence-corrected chi connectivity index (χ1v) is 5.53. The summed E-state index contributed by atoms with van der Waals surface area (Å²) >= 11 is 0. The number of alkyl halides is 3. The smallest absolute Gasteiger partial charge is 0.389 e. The Morgan fingerprint density at radius 3 is 2.44 bits per heavy atom. The average molecular weight is 269 g/mol. The summed E-state index contributed by atoms with van der Waals surface area (Å²) in [5.74, 6) is -1.06. The number of hydrogen-bond acceptors (Lipinski definition) is 3. The molecule has 1 atom stereocenters. The molecule has 1 amide bonds. The van der Waals surface area contributed by atoms with Crippen molar-refractivity contribution in [3.05, 3.63) is 0 Å². The zero-order valence-electron chi connectivity index (χ0n) is 10.4. The molecule has 0 saturated heterocycles. The molecule has 0 heterocycles. The van der Waals surface area contributed by atoms with Crippen LogP contribution in [0.5, 0.6) is 0 Å². The van der Waals surface area contributed by atoms with E-state index in [1.165, 1.54) is 4.90 Å². The minimum absolute atomic E-state index is 0.0583. The normalized spacial score (nSPS) is 14.4. The van der Waals surface area contributed by atoms with Gasteiger partial charge in [-0.25, -0.2) is 0 Å². The molecule has 0 aromatic heterocycles. The van der Waals surface area contributed by atoms with E-state index < -0.39 is 30.8 Å². The Morgan fingerprint density at radius 1 is 1.50 bits per heavy atom. The van der Waals surface area contributed by atoms with Crippen molar-refractivity contribution in [2.45, 2.75) is 32.9 Å². The Bertz CT molecular complexity index is 305. The summed E-state index contributed by atoms with van der Waals surface area (Å²) in [7, 11) is 0. The van der Waals surface area contributed by atoms with E-state index in [1.54, 1.807) is 13.8 Å². The fourth-order valence-electron chi connectivity index (χ4n) is 1.34. The minimum atomic E-state index is -4.34. The average Bonchev–Trinajstić information content (AvgIpc) is 2.30. The van der Waals surface area contributed by atoms with E-state index in [-0.39, 0.29) is 18.9 Å². The van der Waals surface area contributed by atoms with Gasteiger partial charge in [0.1, 0.15) is 5.84 Å². The van der Waals surface area contributed by atoms with E-state index in [0.29, 0.717) is 0 Å². The van der Waals surface area contributed by atoms with Gasteiger partial charge in [0, 0.05) is 25.4 Å². The number of carbonyl (C=O) groups is 1. The number of amides is 1. The van der Waals surface area contributed by atoms with Crippen molar-refractivity contribution in [3.63, 3.8) is 0 Å². The SMILES string of the molecule is CCN(CC(C)C(N)=NO)C(=O)CCC(F)(F)F. The molecular formula is C10H18F3N3O2. The van der Waals surface area contributed by atoms with Crippen LogP contribution in [0.15, 0.2) is 5.16 Å². The second-order valence-electron chi connectivity index (χ2n) is 3.97. The standard InChI is InChI=1S/C10H18F3N3O2/c1-3-16(6-7(2)9(14)15-18)8(17)4-5-10(11,12)13/h7,18H,3-6H2,1-2H3,(H2,14,15). The van der Waals surface area contributed by atoms with Crippen molar-refractivity contribution in [1.82, 2.24) is 4.90 Å². The maximum absolute atomic E-state index is 12.0. The molecule has 3 N–H and O–H groups in total. The molecule has 18 heavy (non-hydrogen) atoms. The quantitative estimate of drug-likeness (QED) is 0.332. The van der Waals surface area contributed by atoms with Crippen molar-refractivity contribution >= 4 is 11.7 Å². The van der Waals surface area contributed by atoms with Crippen LogP contribution in [0, 0.1) is 5.92 Å². The van der Waals surface area contributed by atoms with Gasteiger partial charge in [-0.2, -0.15) is 13.2 Å². The van der Waals surface area contributed by atoms with Crippen molar-refractivity contribution in [3.8, 4) is 0 Å². The van der Waals surface area contributed by atoms with E-state index in [0.717, 1.165) is 0 Å². The molecule has 106 valence electrons. The summed E-state index contributed by atoms with van der Waals surface area (Å²) in [6, 6.07) is 0. The molecule has 0 bridgehead atoms. The van der Waals surface area contributed by atoms with Gasteiger partial charge >= 0.3 is 6.18 Å². The monoisotopic (exact) mass is 269 g/mol. The fraction of sp³-hybridized carbons (Fsp3) is 0.800. The summed E-state index contributed by atoms with van der Waals surface area (Å²) in [6.45, 7) is 3.68. The third-order valence-corrected chi connectivity index (χ3v) is 2.47. The summed E-state index contributed by atoms with van der Waals surface area (Å²) < 4.78 is 36.0. The lowest BCUT2D eigenvalue weighted by atomic mass is 10.1. The number of nitrogens with two attached hydrogens (primary N) is 1. The summed E-state index contributed by atoms with van der Waals surface area (Å²) in [6.07, 6.45) is -6.06.